The molecule has 2 heterocycles. The maximum absolute atomic E-state index is 5.55. The van der Waals surface area contributed by atoms with Gasteiger partial charge in [0.15, 0.2) is 0 Å². The zero-order chi connectivity index (χ0) is 13.7. The Morgan fingerprint density at radius 2 is 1.11 bits per heavy atom. The first-order valence-corrected chi connectivity index (χ1v) is 7.03. The molecule has 0 aliphatic carbocycles. The Labute approximate surface area is 138 Å². The lowest BCUT2D eigenvalue weighted by Crippen LogP contribution is -1.85. The first-order valence-electron chi connectivity index (χ1n) is 4.44. The number of anilines is 1. The Kier molecular flexibility index (Phi) is 6.73. The molecule has 0 fully saturated rings. The maximum atomic E-state index is 5.55. The lowest BCUT2D eigenvalue weighted by Gasteiger charge is -1.92. The molecule has 0 radical (unpaired) electrons. The summed E-state index contributed by atoms with van der Waals surface area (Å²) in [6.45, 7) is 0. The molecule has 0 aliphatic rings. The van der Waals surface area contributed by atoms with Crippen LogP contribution in [0.5, 0.6) is 0 Å². The van der Waals surface area contributed by atoms with E-state index < -0.39 is 0 Å². The van der Waals surface area contributed by atoms with Crippen LogP contribution in [0.3, 0.4) is 0 Å². The van der Waals surface area contributed by atoms with Crippen molar-refractivity contribution in [2.24, 2.45) is 0 Å². The number of rotatable bonds is 0. The summed E-state index contributed by atoms with van der Waals surface area (Å²) in [4.78, 5) is 7.45. The molecule has 2 rings (SSSR count). The van der Waals surface area contributed by atoms with Crippen LogP contribution in [-0.4, -0.2) is 9.97 Å². The summed E-state index contributed by atoms with van der Waals surface area (Å²) in [5.41, 5.74) is 5.88. The van der Waals surface area contributed by atoms with Gasteiger partial charge < -0.3 is 5.73 Å². The van der Waals surface area contributed by atoms with Crippen molar-refractivity contribution >= 4 is 74.7 Å². The standard InChI is InChI=1S/C5H2Cl2IN.C5H4Cl2N2/c2*6-4-1-3(8)2-5(7)9-4/h1-2H;1-2H,(H2,8,9). The predicted octanol–water partition coefficient (Wildman–Crippen LogP) is 4.96. The van der Waals surface area contributed by atoms with E-state index in [2.05, 4.69) is 32.6 Å². The molecule has 0 amide bonds. The van der Waals surface area contributed by atoms with Gasteiger partial charge in [-0.3, -0.25) is 0 Å². The summed E-state index contributed by atoms with van der Waals surface area (Å²) in [5, 5.41) is 1.51. The van der Waals surface area contributed by atoms with E-state index in [9.17, 15) is 0 Å². The molecule has 0 aliphatic heterocycles. The highest BCUT2D eigenvalue weighted by molar-refractivity contribution is 14.1. The van der Waals surface area contributed by atoms with Crippen molar-refractivity contribution in [1.82, 2.24) is 9.97 Å². The molecule has 0 atom stereocenters. The van der Waals surface area contributed by atoms with Gasteiger partial charge in [0.1, 0.15) is 20.6 Å². The highest BCUT2D eigenvalue weighted by atomic mass is 127. The second-order valence-electron chi connectivity index (χ2n) is 2.98. The number of nitrogens with zero attached hydrogens (tertiary/aromatic N) is 2. The van der Waals surface area contributed by atoms with Crippen LogP contribution >= 0.6 is 69.0 Å². The van der Waals surface area contributed by atoms with E-state index in [1.165, 1.54) is 12.1 Å². The predicted molar refractivity (Wildman–Crippen MR) is 85.6 cm³/mol. The number of pyridine rings is 2. The summed E-state index contributed by atoms with van der Waals surface area (Å²) in [6.07, 6.45) is 0. The zero-order valence-corrected chi connectivity index (χ0v) is 13.9. The first-order chi connectivity index (χ1) is 8.36. The molecule has 3 nitrogen and oxygen atoms in total. The van der Waals surface area contributed by atoms with Crippen LogP contribution in [0.25, 0.3) is 0 Å². The SMILES string of the molecule is Clc1cc(I)cc(Cl)n1.Nc1cc(Cl)nc(Cl)c1. The third-order valence-corrected chi connectivity index (χ3v) is 2.91. The summed E-state index contributed by atoms with van der Waals surface area (Å²) in [5.74, 6) is 0. The van der Waals surface area contributed by atoms with Gasteiger partial charge in [-0.2, -0.15) is 0 Å². The van der Waals surface area contributed by atoms with Gasteiger partial charge in [-0.25, -0.2) is 9.97 Å². The molecule has 0 unspecified atom stereocenters. The van der Waals surface area contributed by atoms with Crippen molar-refractivity contribution in [2.75, 3.05) is 5.73 Å². The quantitative estimate of drug-likeness (QED) is 0.469. The maximum Gasteiger partial charge on any atom is 0.132 e. The molecule has 18 heavy (non-hydrogen) atoms. The van der Waals surface area contributed by atoms with Gasteiger partial charge in [-0.15, -0.1) is 0 Å². The second kappa shape index (κ2) is 7.55. The van der Waals surface area contributed by atoms with Crippen molar-refractivity contribution in [3.8, 4) is 0 Å². The Bertz CT molecular complexity index is 400. The first kappa shape index (κ1) is 16.0. The van der Waals surface area contributed by atoms with Crippen LogP contribution in [0, 0.1) is 3.57 Å². The molecule has 0 saturated heterocycles. The minimum atomic E-state index is 0.319. The van der Waals surface area contributed by atoms with E-state index in [-0.39, 0.29) is 0 Å². The molecule has 2 N–H and O–H groups in total. The molecular weight excluding hydrogens is 431 g/mol. The van der Waals surface area contributed by atoms with Gasteiger partial charge >= 0.3 is 0 Å². The van der Waals surface area contributed by atoms with Gasteiger partial charge in [-0.05, 0) is 46.9 Å². The summed E-state index contributed by atoms with van der Waals surface area (Å²) in [7, 11) is 0. The zero-order valence-electron chi connectivity index (χ0n) is 8.67. The van der Waals surface area contributed by atoms with Crippen molar-refractivity contribution in [3.63, 3.8) is 0 Å². The molecule has 0 saturated carbocycles. The fourth-order valence-electron chi connectivity index (χ4n) is 0.919. The molecule has 0 spiro atoms. The number of nitrogens with two attached hydrogens (primary N) is 1. The summed E-state index contributed by atoms with van der Waals surface area (Å²) >= 11 is 24.2. The molecule has 96 valence electrons. The normalized spacial score (nSPS) is 9.61. The van der Waals surface area contributed by atoms with Gasteiger partial charge in [-0.1, -0.05) is 46.4 Å². The van der Waals surface area contributed by atoms with E-state index in [0.29, 0.717) is 26.3 Å². The van der Waals surface area contributed by atoms with Crippen LogP contribution < -0.4 is 5.73 Å². The average molecular weight is 437 g/mol. The number of halogens is 5. The van der Waals surface area contributed by atoms with Gasteiger partial charge in [0, 0.05) is 9.26 Å². The Balaban J connectivity index is 0.000000180. The van der Waals surface area contributed by atoms with Crippen molar-refractivity contribution in [2.45, 2.75) is 0 Å². The highest BCUT2D eigenvalue weighted by Crippen LogP contribution is 2.16. The third kappa shape index (κ3) is 6.24. The lowest BCUT2D eigenvalue weighted by molar-refractivity contribution is 1.31. The Hall–Kier alpha value is -0.0100. The van der Waals surface area contributed by atoms with Crippen LogP contribution in [0.1, 0.15) is 0 Å². The topological polar surface area (TPSA) is 51.8 Å². The fourth-order valence-corrected chi connectivity index (χ4v) is 2.82. The number of hydrogen-bond acceptors (Lipinski definition) is 3. The smallest absolute Gasteiger partial charge is 0.132 e. The Morgan fingerprint density at radius 1 is 0.778 bits per heavy atom. The Morgan fingerprint density at radius 3 is 1.39 bits per heavy atom. The average Bonchev–Trinajstić information content (AvgIpc) is 2.12. The van der Waals surface area contributed by atoms with E-state index in [0.717, 1.165) is 3.57 Å². The van der Waals surface area contributed by atoms with Gasteiger partial charge in [0.05, 0.1) is 0 Å². The largest absolute Gasteiger partial charge is 0.399 e. The highest BCUT2D eigenvalue weighted by Gasteiger charge is 1.94. The third-order valence-electron chi connectivity index (χ3n) is 1.51. The van der Waals surface area contributed by atoms with Crippen LogP contribution in [0.4, 0.5) is 5.69 Å². The van der Waals surface area contributed by atoms with E-state index in [4.69, 9.17) is 52.1 Å². The number of aromatic nitrogens is 2. The minimum Gasteiger partial charge on any atom is -0.399 e. The molecule has 2 aromatic rings. The molecule has 8 heteroatoms. The van der Waals surface area contributed by atoms with Crippen molar-refractivity contribution < 1.29 is 0 Å². The van der Waals surface area contributed by atoms with Gasteiger partial charge in [0.25, 0.3) is 0 Å². The lowest BCUT2D eigenvalue weighted by atomic mass is 10.4. The number of nitrogen functional groups attached to an aromatic ring is 1. The molecule has 0 aromatic carbocycles. The van der Waals surface area contributed by atoms with Crippen LogP contribution in [0.15, 0.2) is 24.3 Å². The van der Waals surface area contributed by atoms with Crippen molar-refractivity contribution in [1.29, 1.82) is 0 Å². The van der Waals surface area contributed by atoms with E-state index in [1.807, 2.05) is 0 Å². The van der Waals surface area contributed by atoms with Gasteiger partial charge in [0.2, 0.25) is 0 Å². The van der Waals surface area contributed by atoms with Crippen molar-refractivity contribution in [3.05, 3.63) is 48.4 Å². The fraction of sp³-hybridized carbons (Fsp3) is 0. The monoisotopic (exact) mass is 435 g/mol. The van der Waals surface area contributed by atoms with Crippen LogP contribution in [0.2, 0.25) is 20.6 Å². The summed E-state index contributed by atoms with van der Waals surface area (Å²) < 4.78 is 0.998. The number of hydrogen-bond donors (Lipinski definition) is 1. The van der Waals surface area contributed by atoms with Crippen LogP contribution in [-0.2, 0) is 0 Å². The molecular formula is C10H6Cl4IN3. The van der Waals surface area contributed by atoms with E-state index >= 15 is 0 Å². The second-order valence-corrected chi connectivity index (χ2v) is 5.77. The summed E-state index contributed by atoms with van der Waals surface area (Å²) in [6, 6.07) is 6.56. The molecule has 2 aromatic heterocycles. The molecule has 0 bridgehead atoms. The van der Waals surface area contributed by atoms with E-state index in [1.54, 1.807) is 12.1 Å². The minimum absolute atomic E-state index is 0.319.